The molecular formula is C29H28Cl2N4O3. The Bertz CT molecular complexity index is 1450. The molecule has 1 atom stereocenters. The highest BCUT2D eigenvalue weighted by molar-refractivity contribution is 6.37. The van der Waals surface area contributed by atoms with Crippen molar-refractivity contribution in [1.29, 1.82) is 0 Å². The number of benzodiazepines with no additional fused rings is 1. The number of aliphatic imine (C=N–C) groups is 1. The SMILES string of the molecule is Cc1cccc(NC(=O)NC2N=C(c3ccccc3Cl)c3cc(Cl)ccc3N(CC(=O)C(C)(C)C)C2=O)c1. The number of carbonyl (C=O) groups excluding carboxylic acids is 3. The van der Waals surface area contributed by atoms with E-state index in [2.05, 4.69) is 15.6 Å². The van der Waals surface area contributed by atoms with Crippen LogP contribution >= 0.6 is 23.2 Å². The van der Waals surface area contributed by atoms with Crippen molar-refractivity contribution >= 4 is 58.0 Å². The third kappa shape index (κ3) is 6.06. The molecule has 0 bridgehead atoms. The van der Waals surface area contributed by atoms with E-state index in [1.54, 1.807) is 75.4 Å². The van der Waals surface area contributed by atoms with Crippen LogP contribution in [0.4, 0.5) is 16.2 Å². The van der Waals surface area contributed by atoms with Gasteiger partial charge in [-0.3, -0.25) is 9.59 Å². The van der Waals surface area contributed by atoms with Crippen LogP contribution in [-0.2, 0) is 9.59 Å². The Morgan fingerprint density at radius 3 is 2.39 bits per heavy atom. The first-order valence-electron chi connectivity index (χ1n) is 12.1. The summed E-state index contributed by atoms with van der Waals surface area (Å²) < 4.78 is 0. The van der Waals surface area contributed by atoms with Crippen molar-refractivity contribution in [2.75, 3.05) is 16.8 Å². The average molecular weight is 551 g/mol. The second kappa shape index (κ2) is 11.0. The number of aryl methyl sites for hydroxylation is 1. The molecule has 0 aromatic heterocycles. The van der Waals surface area contributed by atoms with E-state index in [1.807, 2.05) is 19.1 Å². The molecule has 0 spiro atoms. The van der Waals surface area contributed by atoms with Crippen LogP contribution in [-0.4, -0.2) is 36.1 Å². The number of nitrogens with one attached hydrogen (secondary N) is 2. The van der Waals surface area contributed by atoms with Gasteiger partial charge in [-0.05, 0) is 48.9 Å². The van der Waals surface area contributed by atoms with Crippen molar-refractivity contribution in [2.24, 2.45) is 10.4 Å². The highest BCUT2D eigenvalue weighted by Crippen LogP contribution is 2.33. The molecule has 0 saturated heterocycles. The molecule has 2 N–H and O–H groups in total. The lowest BCUT2D eigenvalue weighted by Crippen LogP contribution is -2.50. The van der Waals surface area contributed by atoms with Crippen molar-refractivity contribution in [2.45, 2.75) is 33.9 Å². The fourth-order valence-electron chi connectivity index (χ4n) is 3.97. The lowest BCUT2D eigenvalue weighted by Gasteiger charge is -2.28. The summed E-state index contributed by atoms with van der Waals surface area (Å²) in [6.07, 6.45) is -1.34. The maximum absolute atomic E-state index is 13.9. The number of anilines is 2. The van der Waals surface area contributed by atoms with Gasteiger partial charge in [0.1, 0.15) is 0 Å². The van der Waals surface area contributed by atoms with Crippen LogP contribution in [0.15, 0.2) is 71.7 Å². The third-order valence-electron chi connectivity index (χ3n) is 6.07. The first kappa shape index (κ1) is 27.4. The van der Waals surface area contributed by atoms with E-state index in [1.165, 1.54) is 4.90 Å². The molecule has 1 unspecified atom stereocenters. The van der Waals surface area contributed by atoms with Gasteiger partial charge in [0.2, 0.25) is 6.17 Å². The number of nitrogens with zero attached hydrogens (tertiary/aromatic N) is 2. The highest BCUT2D eigenvalue weighted by atomic mass is 35.5. The number of urea groups is 1. The van der Waals surface area contributed by atoms with Crippen molar-refractivity contribution in [3.8, 4) is 0 Å². The summed E-state index contributed by atoms with van der Waals surface area (Å²) in [5.74, 6) is -0.719. The van der Waals surface area contributed by atoms with Gasteiger partial charge < -0.3 is 15.5 Å². The summed E-state index contributed by atoms with van der Waals surface area (Å²) in [5, 5.41) is 6.24. The van der Waals surface area contributed by atoms with Crippen LogP contribution in [0, 0.1) is 12.3 Å². The topological polar surface area (TPSA) is 90.9 Å². The minimum Gasteiger partial charge on any atom is -0.308 e. The number of carbonyl (C=O) groups is 3. The van der Waals surface area contributed by atoms with Crippen molar-refractivity contribution in [3.63, 3.8) is 0 Å². The summed E-state index contributed by atoms with van der Waals surface area (Å²) >= 11 is 12.9. The molecule has 196 valence electrons. The highest BCUT2D eigenvalue weighted by Gasteiger charge is 2.36. The van der Waals surface area contributed by atoms with Crippen LogP contribution in [0.3, 0.4) is 0 Å². The van der Waals surface area contributed by atoms with E-state index < -0.39 is 23.5 Å². The second-order valence-corrected chi connectivity index (χ2v) is 10.9. The molecule has 38 heavy (non-hydrogen) atoms. The van der Waals surface area contributed by atoms with Crippen LogP contribution in [0.2, 0.25) is 10.0 Å². The van der Waals surface area contributed by atoms with Gasteiger partial charge in [0.15, 0.2) is 5.78 Å². The van der Waals surface area contributed by atoms with E-state index in [0.717, 1.165) is 5.56 Å². The first-order chi connectivity index (χ1) is 17.9. The van der Waals surface area contributed by atoms with E-state index in [4.69, 9.17) is 23.2 Å². The molecular weight excluding hydrogens is 523 g/mol. The van der Waals surface area contributed by atoms with E-state index in [9.17, 15) is 14.4 Å². The fraction of sp³-hybridized carbons (Fsp3) is 0.241. The molecule has 1 aliphatic rings. The Labute approximate surface area is 231 Å². The number of hydrogen-bond acceptors (Lipinski definition) is 4. The molecule has 9 heteroatoms. The summed E-state index contributed by atoms with van der Waals surface area (Å²) in [4.78, 5) is 46.1. The van der Waals surface area contributed by atoms with Crippen molar-refractivity contribution in [3.05, 3.63) is 93.5 Å². The second-order valence-electron chi connectivity index (χ2n) is 10.1. The van der Waals surface area contributed by atoms with Crippen molar-refractivity contribution < 1.29 is 14.4 Å². The predicted molar refractivity (Wildman–Crippen MR) is 152 cm³/mol. The monoisotopic (exact) mass is 550 g/mol. The van der Waals surface area contributed by atoms with Gasteiger partial charge in [-0.25, -0.2) is 9.79 Å². The van der Waals surface area contributed by atoms with Crippen molar-refractivity contribution in [1.82, 2.24) is 5.32 Å². The lowest BCUT2D eigenvalue weighted by molar-refractivity contribution is -0.127. The zero-order chi connectivity index (χ0) is 27.6. The number of rotatable bonds is 5. The number of halogens is 2. The lowest BCUT2D eigenvalue weighted by atomic mass is 9.90. The molecule has 4 rings (SSSR count). The minimum absolute atomic E-state index is 0.157. The summed E-state index contributed by atoms with van der Waals surface area (Å²) in [5.41, 5.74) is 2.72. The van der Waals surface area contributed by atoms with Gasteiger partial charge >= 0.3 is 6.03 Å². The van der Waals surface area contributed by atoms with E-state index in [-0.39, 0.29) is 12.3 Å². The number of amides is 3. The number of fused-ring (bicyclic) bond motifs is 1. The van der Waals surface area contributed by atoms with Gasteiger partial charge in [-0.2, -0.15) is 0 Å². The quantitative estimate of drug-likeness (QED) is 0.393. The third-order valence-corrected chi connectivity index (χ3v) is 6.64. The standard InChI is InChI=1S/C29H28Cl2N4O3/c1-17-8-7-9-19(14-17)32-28(38)34-26-27(37)35(16-24(36)29(2,3)4)23-13-12-18(30)15-21(23)25(33-26)20-10-5-6-11-22(20)31/h5-15,26H,16H2,1-4H3,(H2,32,34,38). The average Bonchev–Trinajstić information content (AvgIpc) is 2.94. The van der Waals surface area contributed by atoms with Crippen LogP contribution < -0.4 is 15.5 Å². The summed E-state index contributed by atoms with van der Waals surface area (Å²) in [6.45, 7) is 7.07. The number of Topliss-reactive ketones (excluding diaryl/α,β-unsaturated/α-hetero) is 1. The Hall–Kier alpha value is -3.68. The van der Waals surface area contributed by atoms with Crippen LogP contribution in [0.1, 0.15) is 37.5 Å². The number of ketones is 1. The fourth-order valence-corrected chi connectivity index (χ4v) is 4.37. The van der Waals surface area contributed by atoms with Crippen LogP contribution in [0.25, 0.3) is 0 Å². The molecule has 0 aliphatic carbocycles. The molecule has 1 aliphatic heterocycles. The summed E-state index contributed by atoms with van der Waals surface area (Å²) in [6, 6.07) is 18.7. The molecule has 0 radical (unpaired) electrons. The first-order valence-corrected chi connectivity index (χ1v) is 12.8. The van der Waals surface area contributed by atoms with Gasteiger partial charge in [0.25, 0.3) is 5.91 Å². The molecule has 0 saturated carbocycles. The van der Waals surface area contributed by atoms with Gasteiger partial charge in [0.05, 0.1) is 17.9 Å². The van der Waals surface area contributed by atoms with Gasteiger partial charge in [-0.1, -0.05) is 74.3 Å². The normalized spacial score (nSPS) is 15.3. The maximum Gasteiger partial charge on any atom is 0.321 e. The van der Waals surface area contributed by atoms with E-state index in [0.29, 0.717) is 38.3 Å². The molecule has 1 heterocycles. The molecule has 7 nitrogen and oxygen atoms in total. The smallest absolute Gasteiger partial charge is 0.308 e. The molecule has 0 fully saturated rings. The van der Waals surface area contributed by atoms with Gasteiger partial charge in [0, 0.05) is 32.3 Å². The zero-order valence-electron chi connectivity index (χ0n) is 21.5. The molecule has 3 amide bonds. The maximum atomic E-state index is 13.9. The van der Waals surface area contributed by atoms with E-state index >= 15 is 0 Å². The Morgan fingerprint density at radius 1 is 0.974 bits per heavy atom. The molecule has 3 aromatic rings. The Morgan fingerprint density at radius 2 is 1.71 bits per heavy atom. The Balaban J connectivity index is 1.82. The summed E-state index contributed by atoms with van der Waals surface area (Å²) in [7, 11) is 0. The number of hydrogen-bond donors (Lipinski definition) is 2. The zero-order valence-corrected chi connectivity index (χ0v) is 23.0. The van der Waals surface area contributed by atoms with Gasteiger partial charge in [-0.15, -0.1) is 0 Å². The number of benzene rings is 3. The molecule has 3 aromatic carbocycles. The van der Waals surface area contributed by atoms with Crippen LogP contribution in [0.5, 0.6) is 0 Å². The minimum atomic E-state index is -1.34. The predicted octanol–water partition coefficient (Wildman–Crippen LogP) is 6.25. The Kier molecular flexibility index (Phi) is 7.90. The largest absolute Gasteiger partial charge is 0.321 e.